The predicted octanol–water partition coefficient (Wildman–Crippen LogP) is 5.82. The topological polar surface area (TPSA) is 15.3 Å². The average Bonchev–Trinajstić information content (AvgIpc) is 2.62. The number of hydrogen-bond acceptors (Lipinski definition) is 2. The Kier molecular flexibility index (Phi) is 9.79. The van der Waals surface area contributed by atoms with Gasteiger partial charge in [-0.05, 0) is 50.5 Å². The maximum atomic E-state index is 6.49. The summed E-state index contributed by atoms with van der Waals surface area (Å²) >= 11 is 6.49. The normalized spacial score (nSPS) is 17.1. The van der Waals surface area contributed by atoms with Crippen molar-refractivity contribution in [1.29, 1.82) is 0 Å². The molecule has 0 aromatic heterocycles. The van der Waals surface area contributed by atoms with Crippen molar-refractivity contribution >= 4 is 11.6 Å². The highest BCUT2D eigenvalue weighted by Gasteiger charge is 2.23. The van der Waals surface area contributed by atoms with E-state index in [4.69, 9.17) is 11.6 Å². The molecule has 1 aliphatic rings. The molecule has 24 heavy (non-hydrogen) atoms. The van der Waals surface area contributed by atoms with Gasteiger partial charge in [-0.2, -0.15) is 0 Å². The van der Waals surface area contributed by atoms with Gasteiger partial charge in [-0.1, -0.05) is 75.2 Å². The number of rotatable bonds is 11. The van der Waals surface area contributed by atoms with Gasteiger partial charge in [0, 0.05) is 17.6 Å². The smallest absolute Gasteiger partial charge is 0.0487 e. The van der Waals surface area contributed by atoms with E-state index in [1.807, 2.05) is 12.1 Å². The van der Waals surface area contributed by atoms with Crippen molar-refractivity contribution in [1.82, 2.24) is 10.2 Å². The molecule has 0 aliphatic carbocycles. The van der Waals surface area contributed by atoms with E-state index in [-0.39, 0.29) is 0 Å². The zero-order chi connectivity index (χ0) is 17.0. The molecule has 1 aromatic carbocycles. The number of hydrogen-bond donors (Lipinski definition) is 1. The predicted molar refractivity (Wildman–Crippen MR) is 106 cm³/mol. The standard InChI is InChI=1S/C21H35ClN2/c1-2-3-4-5-6-10-15-23-18-21(24-16-11-7-12-17-24)19-13-8-9-14-20(19)22/h8-9,13-14,21,23H,2-7,10-12,15-18H2,1H3. The molecule has 1 heterocycles. The highest BCUT2D eigenvalue weighted by atomic mass is 35.5. The second kappa shape index (κ2) is 11.9. The van der Waals surface area contributed by atoms with Gasteiger partial charge in [0.15, 0.2) is 0 Å². The summed E-state index contributed by atoms with van der Waals surface area (Å²) in [5.74, 6) is 0. The summed E-state index contributed by atoms with van der Waals surface area (Å²) in [4.78, 5) is 2.62. The van der Waals surface area contributed by atoms with Gasteiger partial charge >= 0.3 is 0 Å². The Labute approximate surface area is 154 Å². The van der Waals surface area contributed by atoms with Gasteiger partial charge in [-0.3, -0.25) is 4.90 Å². The van der Waals surface area contributed by atoms with E-state index in [1.54, 1.807) is 0 Å². The minimum absolute atomic E-state index is 0.416. The molecule has 2 rings (SSSR count). The van der Waals surface area contributed by atoms with Gasteiger partial charge in [0.05, 0.1) is 0 Å². The van der Waals surface area contributed by atoms with Gasteiger partial charge < -0.3 is 5.32 Å². The van der Waals surface area contributed by atoms with Crippen LogP contribution in [0.5, 0.6) is 0 Å². The van der Waals surface area contributed by atoms with Crippen molar-refractivity contribution < 1.29 is 0 Å². The summed E-state index contributed by atoms with van der Waals surface area (Å²) in [7, 11) is 0. The number of nitrogens with one attached hydrogen (secondary N) is 1. The Morgan fingerprint density at radius 1 is 1.00 bits per heavy atom. The highest BCUT2D eigenvalue weighted by molar-refractivity contribution is 6.31. The molecule has 1 fully saturated rings. The number of likely N-dealkylation sites (tertiary alicyclic amines) is 1. The minimum atomic E-state index is 0.416. The Balaban J connectivity index is 1.80. The van der Waals surface area contributed by atoms with Gasteiger partial charge in [-0.15, -0.1) is 0 Å². The molecule has 0 spiro atoms. The minimum Gasteiger partial charge on any atom is -0.315 e. The van der Waals surface area contributed by atoms with Crippen LogP contribution in [-0.4, -0.2) is 31.1 Å². The third-order valence-electron chi connectivity index (χ3n) is 5.14. The second-order valence-corrected chi connectivity index (χ2v) is 7.51. The number of benzene rings is 1. The fourth-order valence-electron chi connectivity index (χ4n) is 3.68. The van der Waals surface area contributed by atoms with Crippen LogP contribution in [0.25, 0.3) is 0 Å². The molecule has 0 amide bonds. The van der Waals surface area contributed by atoms with Gasteiger partial charge in [-0.25, -0.2) is 0 Å². The van der Waals surface area contributed by atoms with Crippen LogP contribution < -0.4 is 5.32 Å². The van der Waals surface area contributed by atoms with E-state index in [1.165, 1.54) is 76.4 Å². The summed E-state index contributed by atoms with van der Waals surface area (Å²) in [6, 6.07) is 8.80. The Bertz CT molecular complexity index is 443. The molecule has 1 atom stereocenters. The van der Waals surface area contributed by atoms with Crippen LogP contribution in [-0.2, 0) is 0 Å². The van der Waals surface area contributed by atoms with Crippen LogP contribution in [0.1, 0.15) is 76.3 Å². The Hall–Kier alpha value is -0.570. The maximum absolute atomic E-state index is 6.49. The number of halogens is 1. The number of piperidine rings is 1. The zero-order valence-electron chi connectivity index (χ0n) is 15.4. The van der Waals surface area contributed by atoms with Crippen LogP contribution in [0.3, 0.4) is 0 Å². The SMILES string of the molecule is CCCCCCCCNCC(c1ccccc1Cl)N1CCCCC1. The third kappa shape index (κ3) is 6.74. The molecule has 2 nitrogen and oxygen atoms in total. The second-order valence-electron chi connectivity index (χ2n) is 7.11. The van der Waals surface area contributed by atoms with Crippen LogP contribution in [0, 0.1) is 0 Å². The summed E-state index contributed by atoms with van der Waals surface area (Å²) in [5.41, 5.74) is 1.29. The first-order valence-electron chi connectivity index (χ1n) is 10.0. The summed E-state index contributed by atoms with van der Waals surface area (Å²) in [6.45, 7) is 6.82. The van der Waals surface area contributed by atoms with Crippen molar-refractivity contribution in [2.24, 2.45) is 0 Å². The number of nitrogens with zero attached hydrogens (tertiary/aromatic N) is 1. The van der Waals surface area contributed by atoms with E-state index in [9.17, 15) is 0 Å². The largest absolute Gasteiger partial charge is 0.315 e. The highest BCUT2D eigenvalue weighted by Crippen LogP contribution is 2.29. The molecule has 136 valence electrons. The lowest BCUT2D eigenvalue weighted by Gasteiger charge is -2.35. The summed E-state index contributed by atoms with van der Waals surface area (Å²) in [6.07, 6.45) is 12.1. The van der Waals surface area contributed by atoms with E-state index < -0.39 is 0 Å². The van der Waals surface area contributed by atoms with Crippen LogP contribution >= 0.6 is 11.6 Å². The van der Waals surface area contributed by atoms with E-state index >= 15 is 0 Å². The van der Waals surface area contributed by atoms with Gasteiger partial charge in [0.2, 0.25) is 0 Å². The van der Waals surface area contributed by atoms with Gasteiger partial charge in [0.25, 0.3) is 0 Å². The van der Waals surface area contributed by atoms with Crippen LogP contribution in [0.2, 0.25) is 5.02 Å². The summed E-state index contributed by atoms with van der Waals surface area (Å²) < 4.78 is 0. The molecule has 1 unspecified atom stereocenters. The lowest BCUT2D eigenvalue weighted by atomic mass is 10.0. The average molecular weight is 351 g/mol. The van der Waals surface area contributed by atoms with Crippen molar-refractivity contribution in [3.05, 3.63) is 34.9 Å². The van der Waals surface area contributed by atoms with E-state index in [0.29, 0.717) is 6.04 Å². The van der Waals surface area contributed by atoms with Gasteiger partial charge in [0.1, 0.15) is 0 Å². The van der Waals surface area contributed by atoms with E-state index in [0.717, 1.165) is 18.1 Å². The molecule has 0 bridgehead atoms. The lowest BCUT2D eigenvalue weighted by molar-refractivity contribution is 0.160. The molecule has 0 saturated carbocycles. The molecule has 1 aliphatic heterocycles. The molecular formula is C21H35ClN2. The molecular weight excluding hydrogens is 316 g/mol. The fourth-order valence-corrected chi connectivity index (χ4v) is 3.94. The lowest BCUT2D eigenvalue weighted by Crippen LogP contribution is -2.39. The zero-order valence-corrected chi connectivity index (χ0v) is 16.2. The summed E-state index contributed by atoms with van der Waals surface area (Å²) in [5, 5.41) is 4.61. The maximum Gasteiger partial charge on any atom is 0.0487 e. The van der Waals surface area contributed by atoms with E-state index in [2.05, 4.69) is 29.3 Å². The fraction of sp³-hybridized carbons (Fsp3) is 0.714. The molecule has 1 aromatic rings. The van der Waals surface area contributed by atoms with Crippen molar-refractivity contribution in [2.75, 3.05) is 26.2 Å². The monoisotopic (exact) mass is 350 g/mol. The first-order valence-corrected chi connectivity index (χ1v) is 10.4. The number of unbranched alkanes of at least 4 members (excludes halogenated alkanes) is 5. The molecule has 1 N–H and O–H groups in total. The van der Waals surface area contributed by atoms with Crippen LogP contribution in [0.15, 0.2) is 24.3 Å². The Morgan fingerprint density at radius 3 is 2.46 bits per heavy atom. The first-order chi connectivity index (χ1) is 11.8. The Morgan fingerprint density at radius 2 is 1.71 bits per heavy atom. The van der Waals surface area contributed by atoms with Crippen molar-refractivity contribution in [3.8, 4) is 0 Å². The molecule has 1 saturated heterocycles. The quantitative estimate of drug-likeness (QED) is 0.506. The first kappa shape index (κ1) is 19.8. The van der Waals surface area contributed by atoms with Crippen molar-refractivity contribution in [2.45, 2.75) is 70.8 Å². The molecule has 3 heteroatoms. The van der Waals surface area contributed by atoms with Crippen LogP contribution in [0.4, 0.5) is 0 Å². The van der Waals surface area contributed by atoms with Crippen molar-refractivity contribution in [3.63, 3.8) is 0 Å². The third-order valence-corrected chi connectivity index (χ3v) is 5.48. The molecule has 0 radical (unpaired) electrons.